The van der Waals surface area contributed by atoms with Crippen molar-refractivity contribution in [1.29, 1.82) is 0 Å². The number of nitrogens with zero attached hydrogens (tertiary/aromatic N) is 1. The predicted molar refractivity (Wildman–Crippen MR) is 102 cm³/mol. The number of esters is 1. The standard InChI is InChI=1S/C20H29N3O5/c1-20(2,3)28-19(26)23-15(11-13-8-9-13)17(24)22-16(18(25)27-4)12-14-7-5-6-10-21-14/h5-7,10,13,15-16H,8-9,11-12H2,1-4H3,(H,22,24)(H,23,26). The van der Waals surface area contributed by atoms with E-state index in [9.17, 15) is 14.4 Å². The van der Waals surface area contributed by atoms with Gasteiger partial charge in [0.2, 0.25) is 5.91 Å². The fourth-order valence-electron chi connectivity index (χ4n) is 2.70. The van der Waals surface area contributed by atoms with Crippen molar-refractivity contribution in [3.05, 3.63) is 30.1 Å². The van der Waals surface area contributed by atoms with Gasteiger partial charge in [-0.1, -0.05) is 18.9 Å². The zero-order valence-corrected chi connectivity index (χ0v) is 16.9. The number of pyridine rings is 1. The fraction of sp³-hybridized carbons (Fsp3) is 0.600. The number of aromatic nitrogens is 1. The molecule has 1 aliphatic rings. The Hall–Kier alpha value is -2.64. The molecule has 8 heteroatoms. The molecule has 2 atom stereocenters. The third-order valence-corrected chi connectivity index (χ3v) is 4.22. The molecule has 2 unspecified atom stereocenters. The topological polar surface area (TPSA) is 107 Å². The largest absolute Gasteiger partial charge is 0.467 e. The van der Waals surface area contributed by atoms with Crippen LogP contribution in [0, 0.1) is 5.92 Å². The van der Waals surface area contributed by atoms with Crippen LogP contribution in [0.15, 0.2) is 24.4 Å². The molecule has 1 aliphatic carbocycles. The van der Waals surface area contributed by atoms with Gasteiger partial charge >= 0.3 is 12.1 Å². The van der Waals surface area contributed by atoms with E-state index in [1.807, 2.05) is 0 Å². The average molecular weight is 391 g/mol. The highest BCUT2D eigenvalue weighted by Gasteiger charge is 2.33. The first-order valence-corrected chi connectivity index (χ1v) is 9.45. The van der Waals surface area contributed by atoms with Crippen molar-refractivity contribution < 1.29 is 23.9 Å². The van der Waals surface area contributed by atoms with Gasteiger partial charge in [-0.2, -0.15) is 0 Å². The summed E-state index contributed by atoms with van der Waals surface area (Å²) in [5.74, 6) is -0.622. The van der Waals surface area contributed by atoms with Gasteiger partial charge in [0, 0.05) is 18.3 Å². The van der Waals surface area contributed by atoms with Crippen LogP contribution in [0.2, 0.25) is 0 Å². The molecule has 154 valence electrons. The number of hydrogen-bond donors (Lipinski definition) is 2. The second-order valence-electron chi connectivity index (χ2n) is 7.99. The highest BCUT2D eigenvalue weighted by atomic mass is 16.6. The second kappa shape index (κ2) is 9.52. The van der Waals surface area contributed by atoms with Crippen LogP contribution in [0.25, 0.3) is 0 Å². The van der Waals surface area contributed by atoms with Crippen LogP contribution < -0.4 is 10.6 Å². The molecule has 0 aliphatic heterocycles. The molecule has 0 spiro atoms. The first-order valence-electron chi connectivity index (χ1n) is 9.45. The number of carbonyl (C=O) groups is 3. The summed E-state index contributed by atoms with van der Waals surface area (Å²) in [6.45, 7) is 5.26. The molecule has 2 amide bonds. The Morgan fingerprint density at radius 2 is 1.89 bits per heavy atom. The molecule has 1 saturated carbocycles. The minimum absolute atomic E-state index is 0.196. The van der Waals surface area contributed by atoms with E-state index < -0.39 is 35.7 Å². The first-order chi connectivity index (χ1) is 13.2. The van der Waals surface area contributed by atoms with Crippen LogP contribution >= 0.6 is 0 Å². The summed E-state index contributed by atoms with van der Waals surface area (Å²) in [5, 5.41) is 5.32. The Morgan fingerprint density at radius 1 is 1.18 bits per heavy atom. The third-order valence-electron chi connectivity index (χ3n) is 4.22. The smallest absolute Gasteiger partial charge is 0.408 e. The van der Waals surface area contributed by atoms with Gasteiger partial charge in [0.25, 0.3) is 0 Å². The highest BCUT2D eigenvalue weighted by Crippen LogP contribution is 2.33. The number of methoxy groups -OCH3 is 1. The summed E-state index contributed by atoms with van der Waals surface area (Å²) >= 11 is 0. The van der Waals surface area contributed by atoms with E-state index in [-0.39, 0.29) is 6.42 Å². The predicted octanol–water partition coefficient (Wildman–Crippen LogP) is 1.98. The fourth-order valence-corrected chi connectivity index (χ4v) is 2.70. The summed E-state index contributed by atoms with van der Waals surface area (Å²) in [6.07, 6.45) is 3.70. The minimum Gasteiger partial charge on any atom is -0.467 e. The van der Waals surface area contributed by atoms with Gasteiger partial charge in [-0.15, -0.1) is 0 Å². The molecule has 2 rings (SSSR count). The molecule has 0 bridgehead atoms. The van der Waals surface area contributed by atoms with E-state index in [4.69, 9.17) is 9.47 Å². The molecule has 0 aromatic carbocycles. The van der Waals surface area contributed by atoms with Crippen molar-refractivity contribution in [2.24, 2.45) is 5.92 Å². The maximum absolute atomic E-state index is 12.8. The lowest BCUT2D eigenvalue weighted by atomic mass is 10.1. The van der Waals surface area contributed by atoms with Crippen LogP contribution in [0.4, 0.5) is 4.79 Å². The molecule has 2 N–H and O–H groups in total. The molecule has 8 nitrogen and oxygen atoms in total. The SMILES string of the molecule is COC(=O)C(Cc1ccccn1)NC(=O)C(CC1CC1)NC(=O)OC(C)(C)C. The quantitative estimate of drug-likeness (QED) is 0.656. The molecule has 0 saturated heterocycles. The lowest BCUT2D eigenvalue weighted by molar-refractivity contribution is -0.145. The van der Waals surface area contributed by atoms with Gasteiger partial charge < -0.3 is 20.1 Å². The van der Waals surface area contributed by atoms with E-state index in [1.54, 1.807) is 45.2 Å². The Balaban J connectivity index is 2.05. The van der Waals surface area contributed by atoms with Gasteiger partial charge in [0.15, 0.2) is 0 Å². The van der Waals surface area contributed by atoms with Crippen molar-refractivity contribution in [2.75, 3.05) is 7.11 Å². The normalized spacial score (nSPS) is 15.9. The number of ether oxygens (including phenoxy) is 2. The number of hydrogen-bond acceptors (Lipinski definition) is 6. The zero-order chi connectivity index (χ0) is 20.7. The van der Waals surface area contributed by atoms with Crippen molar-refractivity contribution >= 4 is 18.0 Å². The van der Waals surface area contributed by atoms with E-state index in [0.717, 1.165) is 12.8 Å². The minimum atomic E-state index is -0.894. The summed E-state index contributed by atoms with van der Waals surface area (Å²) in [7, 11) is 1.26. The lowest BCUT2D eigenvalue weighted by Gasteiger charge is -2.24. The molecule has 1 fully saturated rings. The third kappa shape index (κ3) is 7.54. The van der Waals surface area contributed by atoms with E-state index in [1.165, 1.54) is 7.11 Å². The number of amides is 2. The van der Waals surface area contributed by atoms with E-state index >= 15 is 0 Å². The molecule has 0 radical (unpaired) electrons. The first kappa shape index (κ1) is 21.7. The van der Waals surface area contributed by atoms with Gasteiger partial charge in [0.05, 0.1) is 7.11 Å². The average Bonchev–Trinajstić information content (AvgIpc) is 3.43. The Bertz CT molecular complexity index is 683. The summed E-state index contributed by atoms with van der Waals surface area (Å²) in [6, 6.07) is 3.67. The second-order valence-corrected chi connectivity index (χ2v) is 7.99. The number of rotatable bonds is 8. The summed E-state index contributed by atoms with van der Waals surface area (Å²) in [5.41, 5.74) is -0.0184. The van der Waals surface area contributed by atoms with E-state index in [2.05, 4.69) is 15.6 Å². The van der Waals surface area contributed by atoms with Gasteiger partial charge in [-0.05, 0) is 45.2 Å². The lowest BCUT2D eigenvalue weighted by Crippen LogP contribution is -2.53. The zero-order valence-electron chi connectivity index (χ0n) is 16.9. The number of nitrogens with one attached hydrogen (secondary N) is 2. The number of alkyl carbamates (subject to hydrolysis) is 1. The van der Waals surface area contributed by atoms with Crippen molar-refractivity contribution in [3.63, 3.8) is 0 Å². The van der Waals surface area contributed by atoms with Crippen LogP contribution in [0.5, 0.6) is 0 Å². The van der Waals surface area contributed by atoms with Crippen molar-refractivity contribution in [2.45, 2.75) is 64.1 Å². The van der Waals surface area contributed by atoms with E-state index in [0.29, 0.717) is 18.0 Å². The molecule has 28 heavy (non-hydrogen) atoms. The van der Waals surface area contributed by atoms with Crippen LogP contribution in [-0.4, -0.2) is 47.7 Å². The maximum atomic E-state index is 12.8. The van der Waals surface area contributed by atoms with Crippen molar-refractivity contribution in [1.82, 2.24) is 15.6 Å². The van der Waals surface area contributed by atoms with Crippen LogP contribution in [-0.2, 0) is 25.5 Å². The van der Waals surface area contributed by atoms with Gasteiger partial charge in [-0.25, -0.2) is 9.59 Å². The van der Waals surface area contributed by atoms with Crippen molar-refractivity contribution in [3.8, 4) is 0 Å². The summed E-state index contributed by atoms with van der Waals surface area (Å²) in [4.78, 5) is 41.3. The maximum Gasteiger partial charge on any atom is 0.408 e. The molecule has 1 aromatic rings. The molecular formula is C20H29N3O5. The monoisotopic (exact) mass is 391 g/mol. The van der Waals surface area contributed by atoms with Crippen LogP contribution in [0.3, 0.4) is 0 Å². The van der Waals surface area contributed by atoms with Crippen LogP contribution in [0.1, 0.15) is 45.7 Å². The van der Waals surface area contributed by atoms with Gasteiger partial charge in [-0.3, -0.25) is 9.78 Å². The molecule has 1 heterocycles. The number of carbonyl (C=O) groups excluding carboxylic acids is 3. The Morgan fingerprint density at radius 3 is 2.43 bits per heavy atom. The summed E-state index contributed by atoms with van der Waals surface area (Å²) < 4.78 is 10.1. The molecule has 1 aromatic heterocycles. The van der Waals surface area contributed by atoms with Gasteiger partial charge in [0.1, 0.15) is 17.7 Å². The Labute approximate surface area is 165 Å². The molecular weight excluding hydrogens is 362 g/mol. The highest BCUT2D eigenvalue weighted by molar-refractivity contribution is 5.89. The Kier molecular flexibility index (Phi) is 7.37.